The zero-order valence-corrected chi connectivity index (χ0v) is 15.9. The monoisotopic (exact) mass is 357 g/mol. The Morgan fingerprint density at radius 2 is 1.92 bits per heavy atom. The summed E-state index contributed by atoms with van der Waals surface area (Å²) in [6.45, 7) is 7.12. The first-order valence-corrected chi connectivity index (χ1v) is 8.97. The maximum absolute atomic E-state index is 12.4. The van der Waals surface area contributed by atoms with E-state index in [1.165, 1.54) is 0 Å². The second-order valence-electron chi connectivity index (χ2n) is 7.75. The van der Waals surface area contributed by atoms with Gasteiger partial charge < -0.3 is 20.3 Å². The summed E-state index contributed by atoms with van der Waals surface area (Å²) in [5.41, 5.74) is 7.26. The average Bonchev–Trinajstić information content (AvgIpc) is 2.59. The molecule has 0 spiro atoms. The molecule has 1 aliphatic heterocycles. The molecule has 1 fully saturated rings. The Balaban J connectivity index is 1.78. The van der Waals surface area contributed by atoms with Crippen molar-refractivity contribution < 1.29 is 9.53 Å². The van der Waals surface area contributed by atoms with E-state index in [-0.39, 0.29) is 12.1 Å². The number of hydrogen-bond acceptors (Lipinski definition) is 6. The Morgan fingerprint density at radius 3 is 2.58 bits per heavy atom. The molecule has 1 unspecified atom stereocenters. The number of likely N-dealkylation sites (N-methyl/N-ethyl adjacent to an activating group) is 1. The summed E-state index contributed by atoms with van der Waals surface area (Å²) < 4.78 is 5.49. The number of benzene rings is 1. The summed E-state index contributed by atoms with van der Waals surface area (Å²) >= 11 is 0. The fourth-order valence-corrected chi connectivity index (χ4v) is 3.18. The minimum Gasteiger partial charge on any atom is -0.444 e. The predicted octanol–water partition coefficient (Wildman–Crippen LogP) is 3.05. The molecule has 2 N–H and O–H groups in total. The SMILES string of the molecule is CN(C(=O)OC(C)(C)C)C1CCCN(c2nc3ccccc3nc2N)C1. The van der Waals surface area contributed by atoms with Gasteiger partial charge in [-0.2, -0.15) is 0 Å². The summed E-state index contributed by atoms with van der Waals surface area (Å²) in [6, 6.07) is 7.73. The fourth-order valence-electron chi connectivity index (χ4n) is 3.18. The number of nitrogens with two attached hydrogens (primary N) is 1. The van der Waals surface area contributed by atoms with Gasteiger partial charge in [-0.1, -0.05) is 12.1 Å². The van der Waals surface area contributed by atoms with Crippen LogP contribution in [0.15, 0.2) is 24.3 Å². The molecule has 2 aromatic rings. The largest absolute Gasteiger partial charge is 0.444 e. The number of hydrogen-bond donors (Lipinski definition) is 1. The molecule has 0 saturated carbocycles. The molecule has 1 aromatic heterocycles. The van der Waals surface area contributed by atoms with E-state index >= 15 is 0 Å². The second-order valence-corrected chi connectivity index (χ2v) is 7.75. The lowest BCUT2D eigenvalue weighted by molar-refractivity contribution is 0.0209. The second kappa shape index (κ2) is 6.97. The molecule has 2 heterocycles. The third kappa shape index (κ3) is 3.98. The van der Waals surface area contributed by atoms with Gasteiger partial charge in [-0.25, -0.2) is 14.8 Å². The molecule has 1 atom stereocenters. The van der Waals surface area contributed by atoms with Crippen LogP contribution in [0.25, 0.3) is 11.0 Å². The maximum Gasteiger partial charge on any atom is 0.410 e. The number of nitrogen functional groups attached to an aromatic ring is 1. The predicted molar refractivity (Wildman–Crippen MR) is 103 cm³/mol. The van der Waals surface area contributed by atoms with Crippen molar-refractivity contribution in [2.75, 3.05) is 30.8 Å². The molecule has 1 saturated heterocycles. The Morgan fingerprint density at radius 1 is 1.27 bits per heavy atom. The van der Waals surface area contributed by atoms with Crippen LogP contribution >= 0.6 is 0 Å². The Labute approximate surface area is 154 Å². The number of carbonyl (C=O) groups excluding carboxylic acids is 1. The van der Waals surface area contributed by atoms with Gasteiger partial charge >= 0.3 is 6.09 Å². The standard InChI is InChI=1S/C19H27N5O2/c1-19(2,3)26-18(25)23(4)13-8-7-11-24(12-13)17-16(20)21-14-9-5-6-10-15(14)22-17/h5-6,9-10,13H,7-8,11-12H2,1-4H3,(H2,20,21). The molecule has 7 heteroatoms. The molecule has 1 aromatic carbocycles. The van der Waals surface area contributed by atoms with E-state index in [9.17, 15) is 4.79 Å². The summed E-state index contributed by atoms with van der Waals surface area (Å²) in [5, 5.41) is 0. The van der Waals surface area contributed by atoms with Crippen LogP contribution in [0.3, 0.4) is 0 Å². The van der Waals surface area contributed by atoms with Gasteiger partial charge in [0.15, 0.2) is 11.6 Å². The molecular weight excluding hydrogens is 330 g/mol. The molecule has 3 rings (SSSR count). The van der Waals surface area contributed by atoms with Crippen LogP contribution in [0.1, 0.15) is 33.6 Å². The van der Waals surface area contributed by atoms with Gasteiger partial charge in [0.25, 0.3) is 0 Å². The Bertz CT molecular complexity index is 802. The van der Waals surface area contributed by atoms with Gasteiger partial charge in [-0.05, 0) is 45.7 Å². The van der Waals surface area contributed by atoms with Crippen molar-refractivity contribution in [2.24, 2.45) is 0 Å². The highest BCUT2D eigenvalue weighted by atomic mass is 16.6. The smallest absolute Gasteiger partial charge is 0.410 e. The van der Waals surface area contributed by atoms with E-state index in [1.807, 2.05) is 45.0 Å². The molecule has 140 valence electrons. The number of rotatable bonds is 2. The van der Waals surface area contributed by atoms with E-state index in [2.05, 4.69) is 9.88 Å². The number of aromatic nitrogens is 2. The van der Waals surface area contributed by atoms with E-state index < -0.39 is 5.60 Å². The Kier molecular flexibility index (Phi) is 4.89. The van der Waals surface area contributed by atoms with Crippen LogP contribution in [0.5, 0.6) is 0 Å². The van der Waals surface area contributed by atoms with Crippen LogP contribution in [0, 0.1) is 0 Å². The minimum atomic E-state index is -0.506. The van der Waals surface area contributed by atoms with Gasteiger partial charge in [-0.15, -0.1) is 0 Å². The molecule has 7 nitrogen and oxygen atoms in total. The molecule has 1 amide bonds. The van der Waals surface area contributed by atoms with E-state index in [4.69, 9.17) is 15.5 Å². The topological polar surface area (TPSA) is 84.6 Å². The van der Waals surface area contributed by atoms with E-state index in [0.717, 1.165) is 30.4 Å². The number of carbonyl (C=O) groups is 1. The third-order valence-electron chi connectivity index (χ3n) is 4.50. The normalized spacial score (nSPS) is 18.0. The fraction of sp³-hybridized carbons (Fsp3) is 0.526. The van der Waals surface area contributed by atoms with Gasteiger partial charge in [0.05, 0.1) is 17.1 Å². The number of piperidine rings is 1. The number of fused-ring (bicyclic) bond motifs is 1. The van der Waals surface area contributed by atoms with Crippen molar-refractivity contribution in [3.63, 3.8) is 0 Å². The van der Waals surface area contributed by atoms with Crippen LogP contribution in [0.4, 0.5) is 16.4 Å². The number of anilines is 2. The summed E-state index contributed by atoms with van der Waals surface area (Å²) in [7, 11) is 1.79. The first kappa shape index (κ1) is 18.2. The van der Waals surface area contributed by atoms with Crippen molar-refractivity contribution in [3.8, 4) is 0 Å². The van der Waals surface area contributed by atoms with Crippen molar-refractivity contribution in [1.82, 2.24) is 14.9 Å². The van der Waals surface area contributed by atoms with Gasteiger partial charge in [0.2, 0.25) is 0 Å². The maximum atomic E-state index is 12.4. The zero-order valence-electron chi connectivity index (χ0n) is 15.9. The number of nitrogens with zero attached hydrogens (tertiary/aromatic N) is 4. The summed E-state index contributed by atoms with van der Waals surface area (Å²) in [6.07, 6.45) is 1.57. The first-order valence-electron chi connectivity index (χ1n) is 8.97. The summed E-state index contributed by atoms with van der Waals surface area (Å²) in [5.74, 6) is 1.11. The van der Waals surface area contributed by atoms with Gasteiger partial charge in [0, 0.05) is 20.1 Å². The number of ether oxygens (including phenoxy) is 1. The lowest BCUT2D eigenvalue weighted by Crippen LogP contribution is -2.50. The molecule has 26 heavy (non-hydrogen) atoms. The van der Waals surface area contributed by atoms with Crippen molar-refractivity contribution >= 4 is 28.8 Å². The molecule has 0 radical (unpaired) electrons. The minimum absolute atomic E-state index is 0.0475. The molecule has 1 aliphatic rings. The third-order valence-corrected chi connectivity index (χ3v) is 4.50. The summed E-state index contributed by atoms with van der Waals surface area (Å²) in [4.78, 5) is 25.3. The number of para-hydroxylation sites is 2. The average molecular weight is 357 g/mol. The van der Waals surface area contributed by atoms with Crippen molar-refractivity contribution in [3.05, 3.63) is 24.3 Å². The zero-order chi connectivity index (χ0) is 18.9. The quantitative estimate of drug-likeness (QED) is 0.889. The van der Waals surface area contributed by atoms with E-state index in [1.54, 1.807) is 11.9 Å². The lowest BCUT2D eigenvalue weighted by Gasteiger charge is -2.38. The van der Waals surface area contributed by atoms with Crippen molar-refractivity contribution in [1.29, 1.82) is 0 Å². The van der Waals surface area contributed by atoms with Crippen LogP contribution in [0.2, 0.25) is 0 Å². The van der Waals surface area contributed by atoms with Crippen LogP contribution in [-0.4, -0.2) is 52.7 Å². The highest BCUT2D eigenvalue weighted by molar-refractivity contribution is 5.79. The van der Waals surface area contributed by atoms with Crippen LogP contribution < -0.4 is 10.6 Å². The highest BCUT2D eigenvalue weighted by Gasteiger charge is 2.30. The van der Waals surface area contributed by atoms with Crippen molar-refractivity contribution in [2.45, 2.75) is 45.3 Å². The molecule has 0 aliphatic carbocycles. The first-order chi connectivity index (χ1) is 12.2. The number of amides is 1. The van der Waals surface area contributed by atoms with Crippen LogP contribution in [-0.2, 0) is 4.74 Å². The van der Waals surface area contributed by atoms with E-state index in [0.29, 0.717) is 18.2 Å². The van der Waals surface area contributed by atoms with Gasteiger partial charge in [0.1, 0.15) is 5.60 Å². The highest BCUT2D eigenvalue weighted by Crippen LogP contribution is 2.27. The molecular formula is C19H27N5O2. The van der Waals surface area contributed by atoms with Gasteiger partial charge in [-0.3, -0.25) is 0 Å². The molecule has 0 bridgehead atoms. The Hall–Kier alpha value is -2.57. The lowest BCUT2D eigenvalue weighted by atomic mass is 10.0.